The van der Waals surface area contributed by atoms with Gasteiger partial charge >= 0.3 is 23.1 Å². The van der Waals surface area contributed by atoms with Crippen LogP contribution in [0.15, 0.2) is 24.3 Å². The number of hydrogen-bond acceptors (Lipinski definition) is 1. The van der Waals surface area contributed by atoms with Gasteiger partial charge in [0.15, 0.2) is 0 Å². The van der Waals surface area contributed by atoms with Crippen LogP contribution in [0, 0.1) is 6.92 Å². The molecule has 0 fully saturated rings. The van der Waals surface area contributed by atoms with Crippen molar-refractivity contribution in [1.82, 2.24) is 0 Å². The molecule has 2 heteroatoms. The van der Waals surface area contributed by atoms with Crippen molar-refractivity contribution in [1.29, 1.82) is 0 Å². The lowest BCUT2D eigenvalue weighted by Crippen LogP contribution is -1.68. The first kappa shape index (κ1) is 8.79. The molecule has 1 nitrogen and oxygen atoms in total. The Balaban J connectivity index is 0.000000640. The molecular weight excluding hydrogens is 124 g/mol. The van der Waals surface area contributed by atoms with Gasteiger partial charge in [0.2, 0.25) is 0 Å². The first-order valence-electron chi connectivity index (χ1n) is 2.55. The lowest BCUT2D eigenvalue weighted by Gasteiger charge is -1.92. The molecule has 0 amide bonds. The molecule has 0 aromatic heterocycles. The van der Waals surface area contributed by atoms with E-state index in [1.54, 1.807) is 6.07 Å². The van der Waals surface area contributed by atoms with Crippen LogP contribution < -0.4 is 0 Å². The van der Waals surface area contributed by atoms with E-state index in [1.165, 1.54) is 0 Å². The molecule has 1 N–H and O–H groups in total. The average Bonchev–Trinajstić information content (AvgIpc) is 1.77. The van der Waals surface area contributed by atoms with Gasteiger partial charge in [-0.3, -0.25) is 0 Å². The standard InChI is InChI=1S/C7H8O.Mg.2H/c1-6-4-2-3-5-7(6)8;;;/h2-5,8H,1H3;;;. The van der Waals surface area contributed by atoms with E-state index in [4.69, 9.17) is 5.11 Å². The summed E-state index contributed by atoms with van der Waals surface area (Å²) in [6.07, 6.45) is 0. The van der Waals surface area contributed by atoms with Gasteiger partial charge < -0.3 is 5.11 Å². The summed E-state index contributed by atoms with van der Waals surface area (Å²) < 4.78 is 0. The number of rotatable bonds is 0. The van der Waals surface area contributed by atoms with E-state index in [0.717, 1.165) is 5.56 Å². The Hall–Kier alpha value is -0.214. The molecule has 0 aliphatic rings. The van der Waals surface area contributed by atoms with Crippen molar-refractivity contribution in [3.63, 3.8) is 0 Å². The molecule has 0 unspecified atom stereocenters. The van der Waals surface area contributed by atoms with Crippen LogP contribution in [0.3, 0.4) is 0 Å². The van der Waals surface area contributed by atoms with Crippen LogP contribution in [-0.4, -0.2) is 28.2 Å². The van der Waals surface area contributed by atoms with Crippen molar-refractivity contribution in [2.75, 3.05) is 0 Å². The number of aryl methyl sites for hydroxylation is 1. The zero-order chi connectivity index (χ0) is 5.98. The minimum atomic E-state index is 0. The molecule has 0 saturated heterocycles. The number of para-hydroxylation sites is 1. The van der Waals surface area contributed by atoms with Gasteiger partial charge in [0.1, 0.15) is 5.75 Å². The van der Waals surface area contributed by atoms with Crippen molar-refractivity contribution >= 4 is 23.1 Å². The maximum absolute atomic E-state index is 8.92. The first-order chi connectivity index (χ1) is 3.80. The van der Waals surface area contributed by atoms with Crippen LogP contribution in [0.1, 0.15) is 5.56 Å². The van der Waals surface area contributed by atoms with Gasteiger partial charge in [-0.05, 0) is 18.6 Å². The van der Waals surface area contributed by atoms with E-state index in [1.807, 2.05) is 25.1 Å². The Morgan fingerprint density at radius 2 is 1.78 bits per heavy atom. The Morgan fingerprint density at radius 3 is 2.11 bits per heavy atom. The van der Waals surface area contributed by atoms with Crippen molar-refractivity contribution < 1.29 is 5.11 Å². The molecule has 9 heavy (non-hydrogen) atoms. The summed E-state index contributed by atoms with van der Waals surface area (Å²) in [5.41, 5.74) is 0.924. The molecule has 0 aliphatic heterocycles. The summed E-state index contributed by atoms with van der Waals surface area (Å²) in [6, 6.07) is 7.25. The quantitative estimate of drug-likeness (QED) is 0.520. The van der Waals surface area contributed by atoms with Crippen molar-refractivity contribution in [2.24, 2.45) is 0 Å². The maximum atomic E-state index is 8.92. The molecular formula is C7H10MgO. The molecule has 0 atom stereocenters. The van der Waals surface area contributed by atoms with Gasteiger partial charge in [-0.2, -0.15) is 0 Å². The third-order valence-electron chi connectivity index (χ3n) is 1.12. The van der Waals surface area contributed by atoms with Crippen molar-refractivity contribution in [2.45, 2.75) is 6.92 Å². The fourth-order valence-electron chi connectivity index (χ4n) is 0.563. The molecule has 1 aromatic carbocycles. The van der Waals surface area contributed by atoms with E-state index in [0.29, 0.717) is 5.75 Å². The van der Waals surface area contributed by atoms with Crippen molar-refractivity contribution in [3.05, 3.63) is 29.8 Å². The molecule has 0 aliphatic carbocycles. The number of phenolic OH excluding ortho intramolecular Hbond substituents is 1. The van der Waals surface area contributed by atoms with Crippen LogP contribution >= 0.6 is 0 Å². The predicted molar refractivity (Wildman–Crippen MR) is 41.4 cm³/mol. The second kappa shape index (κ2) is 3.74. The SMILES string of the molecule is Cc1ccccc1O.[MgH2]. The zero-order valence-corrected chi connectivity index (χ0v) is 4.76. The summed E-state index contributed by atoms with van der Waals surface area (Å²) in [7, 11) is 0. The Bertz CT molecular complexity index is 165. The van der Waals surface area contributed by atoms with Crippen molar-refractivity contribution in [3.8, 4) is 5.75 Å². The molecule has 1 aromatic rings. The molecule has 46 valence electrons. The fraction of sp³-hybridized carbons (Fsp3) is 0.143. The third kappa shape index (κ3) is 2.24. The second-order valence-electron chi connectivity index (χ2n) is 1.79. The van der Waals surface area contributed by atoms with Crippen LogP contribution in [-0.2, 0) is 0 Å². The first-order valence-corrected chi connectivity index (χ1v) is 2.55. The second-order valence-corrected chi connectivity index (χ2v) is 1.79. The monoisotopic (exact) mass is 134 g/mol. The third-order valence-corrected chi connectivity index (χ3v) is 1.12. The highest BCUT2D eigenvalue weighted by Gasteiger charge is 1.86. The Morgan fingerprint density at radius 1 is 1.22 bits per heavy atom. The normalized spacial score (nSPS) is 8.11. The summed E-state index contributed by atoms with van der Waals surface area (Å²) in [5.74, 6) is 0.368. The largest absolute Gasteiger partial charge is 0.508 e. The van der Waals surface area contributed by atoms with Gasteiger partial charge in [-0.1, -0.05) is 18.2 Å². The number of benzene rings is 1. The topological polar surface area (TPSA) is 20.2 Å². The van der Waals surface area contributed by atoms with Gasteiger partial charge in [-0.15, -0.1) is 0 Å². The lowest BCUT2D eigenvalue weighted by atomic mass is 10.2. The van der Waals surface area contributed by atoms with Crippen LogP contribution in [0.25, 0.3) is 0 Å². The molecule has 0 bridgehead atoms. The lowest BCUT2D eigenvalue weighted by molar-refractivity contribution is 0.471. The Kier molecular flexibility index (Phi) is 3.66. The van der Waals surface area contributed by atoms with E-state index >= 15 is 0 Å². The van der Waals surface area contributed by atoms with Crippen LogP contribution in [0.2, 0.25) is 0 Å². The molecule has 0 spiro atoms. The average molecular weight is 134 g/mol. The number of aromatic hydroxyl groups is 1. The van der Waals surface area contributed by atoms with E-state index < -0.39 is 0 Å². The summed E-state index contributed by atoms with van der Waals surface area (Å²) in [6.45, 7) is 1.87. The molecule has 0 radical (unpaired) electrons. The fourth-order valence-corrected chi connectivity index (χ4v) is 0.563. The summed E-state index contributed by atoms with van der Waals surface area (Å²) in [5, 5.41) is 8.92. The number of hydrogen-bond donors (Lipinski definition) is 1. The maximum Gasteiger partial charge on any atom is 0.316 e. The van der Waals surface area contributed by atoms with E-state index in [9.17, 15) is 0 Å². The van der Waals surface area contributed by atoms with Gasteiger partial charge in [0.05, 0.1) is 0 Å². The predicted octanol–water partition coefficient (Wildman–Crippen LogP) is 0.784. The smallest absolute Gasteiger partial charge is 0.316 e. The molecule has 0 heterocycles. The minimum absolute atomic E-state index is 0. The number of phenols is 1. The minimum Gasteiger partial charge on any atom is -0.508 e. The summed E-state index contributed by atoms with van der Waals surface area (Å²) in [4.78, 5) is 0. The van der Waals surface area contributed by atoms with Gasteiger partial charge in [-0.25, -0.2) is 0 Å². The molecule has 1 rings (SSSR count). The van der Waals surface area contributed by atoms with Crippen LogP contribution in [0.5, 0.6) is 5.75 Å². The summed E-state index contributed by atoms with van der Waals surface area (Å²) >= 11 is 0. The highest BCUT2D eigenvalue weighted by atomic mass is 24.3. The highest BCUT2D eigenvalue weighted by Crippen LogP contribution is 2.12. The molecule has 0 saturated carbocycles. The van der Waals surface area contributed by atoms with Gasteiger partial charge in [0, 0.05) is 0 Å². The van der Waals surface area contributed by atoms with E-state index in [2.05, 4.69) is 0 Å². The van der Waals surface area contributed by atoms with Gasteiger partial charge in [0.25, 0.3) is 0 Å². The highest BCUT2D eigenvalue weighted by molar-refractivity contribution is 5.75. The van der Waals surface area contributed by atoms with E-state index in [-0.39, 0.29) is 23.1 Å². The van der Waals surface area contributed by atoms with Crippen LogP contribution in [0.4, 0.5) is 0 Å². The Labute approximate surface area is 70.9 Å². The zero-order valence-electron chi connectivity index (χ0n) is 4.76.